The van der Waals surface area contributed by atoms with Crippen LogP contribution in [0.4, 0.5) is 4.79 Å². The van der Waals surface area contributed by atoms with Gasteiger partial charge >= 0.3 is 12.1 Å². The van der Waals surface area contributed by atoms with Gasteiger partial charge in [0.15, 0.2) is 0 Å². The minimum absolute atomic E-state index is 0.115. The van der Waals surface area contributed by atoms with Crippen molar-refractivity contribution in [2.24, 2.45) is 0 Å². The summed E-state index contributed by atoms with van der Waals surface area (Å²) in [6.07, 6.45) is -0.0667. The van der Waals surface area contributed by atoms with Gasteiger partial charge in [-0.1, -0.05) is 30.3 Å². The molecule has 0 aliphatic heterocycles. The predicted octanol–water partition coefficient (Wildman–Crippen LogP) is 2.31. The maximum Gasteiger partial charge on any atom is 0.410 e. The second-order valence-electron chi connectivity index (χ2n) is 6.13. The van der Waals surface area contributed by atoms with Crippen LogP contribution in [0.1, 0.15) is 39.2 Å². The number of nitrogens with one attached hydrogen (secondary N) is 1. The number of benzene rings is 1. The lowest BCUT2D eigenvalue weighted by Crippen LogP contribution is -2.55. The fourth-order valence-corrected chi connectivity index (χ4v) is 1.89. The molecule has 6 nitrogen and oxygen atoms in total. The Balaban J connectivity index is 2.59. The molecule has 0 saturated heterocycles. The van der Waals surface area contributed by atoms with Crippen molar-refractivity contribution < 1.29 is 24.5 Å². The molecule has 0 saturated carbocycles. The van der Waals surface area contributed by atoms with E-state index in [0.29, 0.717) is 12.8 Å². The normalized spacial score (nSPS) is 14.0. The summed E-state index contributed by atoms with van der Waals surface area (Å²) in [5, 5.41) is 21.3. The number of aliphatic carboxylic acids is 1. The van der Waals surface area contributed by atoms with E-state index < -0.39 is 23.4 Å². The van der Waals surface area contributed by atoms with E-state index >= 15 is 0 Å². The van der Waals surface area contributed by atoms with Crippen LogP contribution in [0.5, 0.6) is 0 Å². The van der Waals surface area contributed by atoms with Crippen molar-refractivity contribution >= 4 is 12.1 Å². The lowest BCUT2D eigenvalue weighted by atomic mass is 10.0. The molecular weight excluding hydrogens is 286 g/mol. The summed E-state index contributed by atoms with van der Waals surface area (Å²) >= 11 is 0. The first-order valence-corrected chi connectivity index (χ1v) is 7.13. The summed E-state index contributed by atoms with van der Waals surface area (Å²) in [5.74, 6) is -1.51. The third-order valence-corrected chi connectivity index (χ3v) is 2.91. The lowest BCUT2D eigenvalue weighted by Gasteiger charge is -2.27. The second kappa shape index (κ2) is 7.26. The predicted molar refractivity (Wildman–Crippen MR) is 81.3 cm³/mol. The molecule has 0 fully saturated rings. The third-order valence-electron chi connectivity index (χ3n) is 2.91. The molecule has 3 N–H and O–H groups in total. The topological polar surface area (TPSA) is 95.9 Å². The van der Waals surface area contributed by atoms with Crippen LogP contribution in [0.3, 0.4) is 0 Å². The van der Waals surface area contributed by atoms with Gasteiger partial charge < -0.3 is 14.9 Å². The molecule has 1 unspecified atom stereocenters. The van der Waals surface area contributed by atoms with Gasteiger partial charge in [-0.25, -0.2) is 9.59 Å². The number of hydrogen-bond donors (Lipinski definition) is 3. The number of carboxylic acid groups (broad SMARTS) is 1. The minimum atomic E-state index is -2.34. The van der Waals surface area contributed by atoms with Crippen LogP contribution >= 0.6 is 0 Å². The molecule has 0 radical (unpaired) electrons. The molecule has 0 heterocycles. The summed E-state index contributed by atoms with van der Waals surface area (Å²) in [6.45, 7) is 4.96. The molecule has 1 atom stereocenters. The zero-order valence-electron chi connectivity index (χ0n) is 13.1. The molecule has 22 heavy (non-hydrogen) atoms. The fourth-order valence-electron chi connectivity index (χ4n) is 1.89. The van der Waals surface area contributed by atoms with Gasteiger partial charge in [0.25, 0.3) is 0 Å². The summed E-state index contributed by atoms with van der Waals surface area (Å²) < 4.78 is 4.97. The molecule has 0 aromatic heterocycles. The number of aryl methyl sites for hydroxylation is 1. The molecule has 0 bridgehead atoms. The average molecular weight is 309 g/mol. The Bertz CT molecular complexity index is 509. The van der Waals surface area contributed by atoms with E-state index in [1.807, 2.05) is 35.6 Å². The summed E-state index contributed by atoms with van der Waals surface area (Å²) in [6, 6.07) is 9.50. The van der Waals surface area contributed by atoms with E-state index in [1.54, 1.807) is 20.8 Å². The van der Waals surface area contributed by atoms with E-state index in [1.165, 1.54) is 0 Å². The summed E-state index contributed by atoms with van der Waals surface area (Å²) in [7, 11) is 0. The van der Waals surface area contributed by atoms with E-state index in [9.17, 15) is 14.7 Å². The molecule has 6 heteroatoms. The monoisotopic (exact) mass is 309 g/mol. The summed E-state index contributed by atoms with van der Waals surface area (Å²) in [4.78, 5) is 22.9. The number of carbonyl (C=O) groups excluding carboxylic acids is 1. The van der Waals surface area contributed by atoms with Gasteiger partial charge in [0.1, 0.15) is 5.60 Å². The van der Waals surface area contributed by atoms with Crippen molar-refractivity contribution in [3.63, 3.8) is 0 Å². The first-order valence-electron chi connectivity index (χ1n) is 7.13. The van der Waals surface area contributed by atoms with Crippen LogP contribution in [0.25, 0.3) is 0 Å². The Morgan fingerprint density at radius 3 is 2.27 bits per heavy atom. The quantitative estimate of drug-likeness (QED) is 0.701. The maximum atomic E-state index is 11.7. The van der Waals surface area contributed by atoms with Crippen molar-refractivity contribution in [2.75, 3.05) is 0 Å². The summed E-state index contributed by atoms with van der Waals surface area (Å²) in [5.41, 5.74) is -2.07. The Morgan fingerprint density at radius 1 is 1.18 bits per heavy atom. The highest BCUT2D eigenvalue weighted by atomic mass is 16.6. The molecule has 1 rings (SSSR count). The van der Waals surface area contributed by atoms with Crippen molar-refractivity contribution in [2.45, 2.75) is 51.4 Å². The van der Waals surface area contributed by atoms with E-state index in [0.717, 1.165) is 5.56 Å². The number of ether oxygens (including phenoxy) is 1. The highest BCUT2D eigenvalue weighted by Crippen LogP contribution is 2.15. The highest BCUT2D eigenvalue weighted by molar-refractivity contribution is 5.82. The van der Waals surface area contributed by atoms with Crippen LogP contribution in [0.15, 0.2) is 30.3 Å². The standard InChI is InChI=1S/C16H23NO5/c1-15(2,3)22-14(20)17-16(21,13(18)19)11-7-10-12-8-5-4-6-9-12/h4-6,8-9,21H,7,10-11H2,1-3H3,(H,17,20)(H,18,19). The number of carboxylic acids is 1. The van der Waals surface area contributed by atoms with Gasteiger partial charge in [-0.3, -0.25) is 5.32 Å². The minimum Gasteiger partial charge on any atom is -0.478 e. The van der Waals surface area contributed by atoms with Crippen LogP contribution in [0, 0.1) is 0 Å². The van der Waals surface area contributed by atoms with E-state index in [4.69, 9.17) is 9.84 Å². The fraction of sp³-hybridized carbons (Fsp3) is 0.500. The first kappa shape index (κ1) is 18.0. The zero-order valence-corrected chi connectivity index (χ0v) is 13.1. The van der Waals surface area contributed by atoms with Crippen molar-refractivity contribution in [3.8, 4) is 0 Å². The number of aliphatic hydroxyl groups is 1. The first-order chi connectivity index (χ1) is 10.1. The van der Waals surface area contributed by atoms with E-state index in [2.05, 4.69) is 0 Å². The molecule has 0 spiro atoms. The van der Waals surface area contributed by atoms with Gasteiger partial charge in [-0.05, 0) is 39.2 Å². The van der Waals surface area contributed by atoms with Gasteiger partial charge in [0.2, 0.25) is 5.72 Å². The molecule has 122 valence electrons. The SMILES string of the molecule is CC(C)(C)OC(=O)NC(O)(CCCc1ccccc1)C(=O)O. The highest BCUT2D eigenvalue weighted by Gasteiger charge is 2.38. The smallest absolute Gasteiger partial charge is 0.410 e. The van der Waals surface area contributed by atoms with Crippen LogP contribution < -0.4 is 5.32 Å². The largest absolute Gasteiger partial charge is 0.478 e. The van der Waals surface area contributed by atoms with Gasteiger partial charge in [0.05, 0.1) is 0 Å². The lowest BCUT2D eigenvalue weighted by molar-refractivity contribution is -0.163. The van der Waals surface area contributed by atoms with Gasteiger partial charge in [0, 0.05) is 6.42 Å². The Kier molecular flexibility index (Phi) is 5.93. The zero-order chi connectivity index (χ0) is 16.8. The molecule has 0 aliphatic rings. The number of alkyl carbamates (subject to hydrolysis) is 1. The second-order valence-corrected chi connectivity index (χ2v) is 6.13. The van der Waals surface area contributed by atoms with Crippen molar-refractivity contribution in [1.29, 1.82) is 0 Å². The number of hydrogen-bond acceptors (Lipinski definition) is 4. The maximum absolute atomic E-state index is 11.7. The molecule has 1 aromatic rings. The van der Waals surface area contributed by atoms with E-state index in [-0.39, 0.29) is 6.42 Å². The van der Waals surface area contributed by atoms with Crippen molar-refractivity contribution in [3.05, 3.63) is 35.9 Å². The molecule has 1 aromatic carbocycles. The number of amides is 1. The average Bonchev–Trinajstić information content (AvgIpc) is 2.37. The molecule has 1 amide bonds. The molecular formula is C16H23NO5. The van der Waals surface area contributed by atoms with Crippen molar-refractivity contribution in [1.82, 2.24) is 5.32 Å². The molecule has 0 aliphatic carbocycles. The Morgan fingerprint density at radius 2 is 1.77 bits per heavy atom. The van der Waals surface area contributed by atoms with Crippen LogP contribution in [-0.2, 0) is 16.0 Å². The van der Waals surface area contributed by atoms with Crippen LogP contribution in [0.2, 0.25) is 0 Å². The van der Waals surface area contributed by atoms with Gasteiger partial charge in [-0.2, -0.15) is 0 Å². The van der Waals surface area contributed by atoms with Gasteiger partial charge in [-0.15, -0.1) is 0 Å². The number of carbonyl (C=O) groups is 2. The third kappa shape index (κ3) is 6.13. The Hall–Kier alpha value is -2.08. The number of rotatable bonds is 6. The van der Waals surface area contributed by atoms with Crippen LogP contribution in [-0.4, -0.2) is 33.6 Å². The Labute approximate surface area is 130 Å².